The first kappa shape index (κ1) is 16.8. The van der Waals surface area contributed by atoms with Gasteiger partial charge in [0.05, 0.1) is 5.75 Å². The van der Waals surface area contributed by atoms with Gasteiger partial charge in [0.25, 0.3) is 0 Å². The third-order valence-electron chi connectivity index (χ3n) is 3.90. The van der Waals surface area contributed by atoms with Crippen molar-refractivity contribution in [3.05, 3.63) is 35.7 Å². The van der Waals surface area contributed by atoms with Gasteiger partial charge in [-0.15, -0.1) is 10.2 Å². The summed E-state index contributed by atoms with van der Waals surface area (Å²) in [5.74, 6) is 1.97. The highest BCUT2D eigenvalue weighted by atomic mass is 32.2. The second-order valence-corrected chi connectivity index (χ2v) is 6.82. The highest BCUT2D eigenvalue weighted by molar-refractivity contribution is 7.99. The monoisotopic (exact) mass is 346 g/mol. The van der Waals surface area contributed by atoms with E-state index in [-0.39, 0.29) is 5.91 Å². The molecule has 1 aromatic heterocycles. The minimum absolute atomic E-state index is 0.0549. The molecular formula is C17H22N4O2S. The predicted molar refractivity (Wildman–Crippen MR) is 93.0 cm³/mol. The first-order valence-electron chi connectivity index (χ1n) is 8.18. The minimum Gasteiger partial charge on any atom is -0.486 e. The van der Waals surface area contributed by atoms with E-state index in [2.05, 4.69) is 34.6 Å². The van der Waals surface area contributed by atoms with Crippen LogP contribution in [-0.2, 0) is 24.9 Å². The molecule has 1 fully saturated rings. The number of aryl methyl sites for hydroxylation is 1. The number of nitrogens with zero attached hydrogens (tertiary/aromatic N) is 3. The largest absolute Gasteiger partial charge is 0.486 e. The number of carbonyl (C=O) groups is 1. The van der Waals surface area contributed by atoms with Crippen LogP contribution >= 0.6 is 11.8 Å². The molecule has 24 heavy (non-hydrogen) atoms. The molecule has 0 saturated heterocycles. The molecule has 0 bridgehead atoms. The Morgan fingerprint density at radius 1 is 1.33 bits per heavy atom. The van der Waals surface area contributed by atoms with E-state index in [1.807, 2.05) is 23.7 Å². The average molecular weight is 346 g/mol. The van der Waals surface area contributed by atoms with Gasteiger partial charge in [0.15, 0.2) is 11.0 Å². The maximum Gasteiger partial charge on any atom is 0.230 e. The Morgan fingerprint density at radius 3 is 2.75 bits per heavy atom. The first-order valence-corrected chi connectivity index (χ1v) is 9.16. The number of hydrogen-bond donors (Lipinski definition) is 1. The maximum atomic E-state index is 11.7. The van der Waals surface area contributed by atoms with Crippen molar-refractivity contribution in [2.45, 2.75) is 44.0 Å². The number of benzene rings is 1. The van der Waals surface area contributed by atoms with Crippen LogP contribution in [-0.4, -0.2) is 32.5 Å². The van der Waals surface area contributed by atoms with E-state index in [4.69, 9.17) is 4.74 Å². The van der Waals surface area contributed by atoms with Gasteiger partial charge < -0.3 is 14.6 Å². The Bertz CT molecular complexity index is 695. The quantitative estimate of drug-likeness (QED) is 0.743. The van der Waals surface area contributed by atoms with Crippen LogP contribution in [0.1, 0.15) is 31.2 Å². The molecule has 2 aromatic rings. The topological polar surface area (TPSA) is 69.0 Å². The molecule has 1 amide bonds. The van der Waals surface area contributed by atoms with E-state index < -0.39 is 0 Å². The summed E-state index contributed by atoms with van der Waals surface area (Å²) in [5.41, 5.74) is 1.28. The van der Waals surface area contributed by atoms with E-state index in [9.17, 15) is 4.79 Å². The van der Waals surface area contributed by atoms with Crippen molar-refractivity contribution < 1.29 is 9.53 Å². The van der Waals surface area contributed by atoms with E-state index >= 15 is 0 Å². The van der Waals surface area contributed by atoms with Crippen molar-refractivity contribution in [1.29, 1.82) is 0 Å². The molecule has 0 radical (unpaired) electrons. The number of hydrogen-bond acceptors (Lipinski definition) is 5. The molecule has 1 aliphatic rings. The summed E-state index contributed by atoms with van der Waals surface area (Å²) in [6, 6.07) is 8.44. The van der Waals surface area contributed by atoms with E-state index in [0.29, 0.717) is 18.4 Å². The lowest BCUT2D eigenvalue weighted by molar-refractivity contribution is -0.118. The molecule has 0 spiro atoms. The minimum atomic E-state index is 0.0549. The summed E-state index contributed by atoms with van der Waals surface area (Å²) in [5, 5.41) is 12.0. The van der Waals surface area contributed by atoms with Gasteiger partial charge in [-0.3, -0.25) is 4.79 Å². The number of thioether (sulfide) groups is 1. The number of amides is 1. The summed E-state index contributed by atoms with van der Waals surface area (Å²) in [7, 11) is 1.89. The predicted octanol–water partition coefficient (Wildman–Crippen LogP) is 2.33. The summed E-state index contributed by atoms with van der Waals surface area (Å²) >= 11 is 1.39. The van der Waals surface area contributed by atoms with Crippen LogP contribution in [0.2, 0.25) is 0 Å². The zero-order valence-electron chi connectivity index (χ0n) is 14.0. The summed E-state index contributed by atoms with van der Waals surface area (Å²) in [6.07, 6.45) is 3.21. The average Bonchev–Trinajstić information content (AvgIpc) is 3.34. The Balaban J connectivity index is 1.50. The number of ether oxygens (including phenoxy) is 1. The Labute approximate surface area is 146 Å². The number of carbonyl (C=O) groups excluding carboxylic acids is 1. The molecular weight excluding hydrogens is 324 g/mol. The normalized spacial score (nSPS) is 13.8. The van der Waals surface area contributed by atoms with Crippen LogP contribution in [0.3, 0.4) is 0 Å². The molecule has 1 saturated carbocycles. The lowest BCUT2D eigenvalue weighted by Crippen LogP contribution is -2.27. The number of rotatable bonds is 8. The molecule has 0 atom stereocenters. The summed E-state index contributed by atoms with van der Waals surface area (Å²) in [4.78, 5) is 11.7. The number of nitrogens with one attached hydrogen (secondary N) is 1. The fourth-order valence-corrected chi connectivity index (χ4v) is 2.93. The molecule has 7 heteroatoms. The molecule has 3 rings (SSSR count). The fourth-order valence-electron chi connectivity index (χ4n) is 2.19. The Morgan fingerprint density at radius 2 is 2.08 bits per heavy atom. The van der Waals surface area contributed by atoms with Crippen LogP contribution in [0.4, 0.5) is 0 Å². The molecule has 6 nitrogen and oxygen atoms in total. The molecule has 1 aliphatic carbocycles. The van der Waals surface area contributed by atoms with Gasteiger partial charge in [0, 0.05) is 13.1 Å². The van der Waals surface area contributed by atoms with Gasteiger partial charge >= 0.3 is 0 Å². The zero-order valence-corrected chi connectivity index (χ0v) is 14.8. The lowest BCUT2D eigenvalue weighted by atomic mass is 10.2. The molecule has 1 heterocycles. The second kappa shape index (κ2) is 7.70. The SMILES string of the molecule is CCc1ccc(OCc2nnc(SCC(=O)NC3CC3)n2C)cc1. The fraction of sp³-hybridized carbons (Fsp3) is 0.471. The molecule has 128 valence electrons. The van der Waals surface area contributed by atoms with Gasteiger partial charge in [-0.05, 0) is 37.0 Å². The Kier molecular flexibility index (Phi) is 5.40. The molecule has 0 aliphatic heterocycles. The van der Waals surface area contributed by atoms with Crippen molar-refractivity contribution in [2.24, 2.45) is 7.05 Å². The van der Waals surface area contributed by atoms with Crippen LogP contribution < -0.4 is 10.1 Å². The lowest BCUT2D eigenvalue weighted by Gasteiger charge is -2.07. The van der Waals surface area contributed by atoms with E-state index in [1.54, 1.807) is 0 Å². The third kappa shape index (κ3) is 4.50. The molecule has 1 aromatic carbocycles. The first-order chi connectivity index (χ1) is 11.7. The van der Waals surface area contributed by atoms with Gasteiger partial charge in [-0.2, -0.15) is 0 Å². The maximum absolute atomic E-state index is 11.7. The van der Waals surface area contributed by atoms with Gasteiger partial charge in [0.1, 0.15) is 12.4 Å². The van der Waals surface area contributed by atoms with E-state index in [0.717, 1.165) is 36.0 Å². The highest BCUT2D eigenvalue weighted by Crippen LogP contribution is 2.20. The Hall–Kier alpha value is -2.02. The smallest absolute Gasteiger partial charge is 0.230 e. The van der Waals surface area contributed by atoms with Crippen molar-refractivity contribution >= 4 is 17.7 Å². The van der Waals surface area contributed by atoms with Gasteiger partial charge in [-0.25, -0.2) is 0 Å². The molecule has 0 unspecified atom stereocenters. The van der Waals surface area contributed by atoms with E-state index in [1.165, 1.54) is 17.3 Å². The summed E-state index contributed by atoms with van der Waals surface area (Å²) < 4.78 is 7.63. The van der Waals surface area contributed by atoms with Crippen LogP contribution in [0, 0.1) is 0 Å². The van der Waals surface area contributed by atoms with Crippen LogP contribution in [0.5, 0.6) is 5.75 Å². The summed E-state index contributed by atoms with van der Waals surface area (Å²) in [6.45, 7) is 2.48. The van der Waals surface area contributed by atoms with Gasteiger partial charge in [0.2, 0.25) is 5.91 Å². The van der Waals surface area contributed by atoms with Crippen LogP contribution in [0.15, 0.2) is 29.4 Å². The van der Waals surface area contributed by atoms with Crippen LogP contribution in [0.25, 0.3) is 0 Å². The highest BCUT2D eigenvalue weighted by Gasteiger charge is 2.23. The van der Waals surface area contributed by atoms with Crippen molar-refractivity contribution in [1.82, 2.24) is 20.1 Å². The molecule has 1 N–H and O–H groups in total. The van der Waals surface area contributed by atoms with Gasteiger partial charge in [-0.1, -0.05) is 30.8 Å². The number of aromatic nitrogens is 3. The second-order valence-electron chi connectivity index (χ2n) is 5.87. The van der Waals surface area contributed by atoms with Crippen molar-refractivity contribution in [3.8, 4) is 5.75 Å². The van der Waals surface area contributed by atoms with Crippen molar-refractivity contribution in [2.75, 3.05) is 5.75 Å². The standard InChI is InChI=1S/C17H22N4O2S/c1-3-12-4-8-14(9-5-12)23-10-15-19-20-17(21(15)2)24-11-16(22)18-13-6-7-13/h4-5,8-9,13H,3,6-7,10-11H2,1-2H3,(H,18,22). The van der Waals surface area contributed by atoms with Crippen molar-refractivity contribution in [3.63, 3.8) is 0 Å². The third-order valence-corrected chi connectivity index (χ3v) is 4.92. The zero-order chi connectivity index (χ0) is 16.9.